The van der Waals surface area contributed by atoms with Gasteiger partial charge in [0.1, 0.15) is 0 Å². The average Bonchev–Trinajstić information content (AvgIpc) is 2.43. The molecule has 22 heavy (non-hydrogen) atoms. The van der Waals surface area contributed by atoms with Crippen molar-refractivity contribution in [1.29, 1.82) is 0 Å². The topological polar surface area (TPSA) is 65.9 Å². The molecule has 0 aromatic heterocycles. The Kier molecular flexibility index (Phi) is 6.81. The van der Waals surface area contributed by atoms with Crippen LogP contribution < -0.4 is 15.4 Å². The lowest BCUT2D eigenvalue weighted by molar-refractivity contribution is -0.132. The number of aromatic hydroxyl groups is 1. The number of hydrogen-bond acceptors (Lipinski definition) is 3. The summed E-state index contributed by atoms with van der Waals surface area (Å²) in [4.78, 5) is 4.18. The van der Waals surface area contributed by atoms with Crippen LogP contribution in [0.25, 0.3) is 0 Å². The first kappa shape index (κ1) is 17.9. The van der Waals surface area contributed by atoms with Gasteiger partial charge in [0.2, 0.25) is 0 Å². The van der Waals surface area contributed by atoms with Gasteiger partial charge in [0.15, 0.2) is 17.5 Å². The summed E-state index contributed by atoms with van der Waals surface area (Å²) in [6.07, 6.45) is -5.13. The summed E-state index contributed by atoms with van der Waals surface area (Å²) in [6.45, 7) is 2.33. The molecular formula is C14H20F3N3O2. The molecule has 0 radical (unpaired) electrons. The molecule has 5 nitrogen and oxygen atoms in total. The highest BCUT2D eigenvalue weighted by Gasteiger charge is 2.26. The number of methoxy groups -OCH3 is 1. The van der Waals surface area contributed by atoms with Crippen LogP contribution in [0.3, 0.4) is 0 Å². The Balaban J connectivity index is 2.63. The number of phenolic OH excluding ortho intramolecular Hbond substituents is 1. The predicted molar refractivity (Wildman–Crippen MR) is 78.1 cm³/mol. The van der Waals surface area contributed by atoms with Crippen LogP contribution in [0.4, 0.5) is 13.2 Å². The third kappa shape index (κ3) is 6.55. The van der Waals surface area contributed by atoms with E-state index in [-0.39, 0.29) is 18.8 Å². The SMILES string of the molecule is CCNC(=NCc1ccc(OC)c(O)c1)NCCC(F)(F)F. The Labute approximate surface area is 127 Å². The summed E-state index contributed by atoms with van der Waals surface area (Å²) in [6, 6.07) is 4.83. The third-order valence-corrected chi connectivity index (χ3v) is 2.71. The van der Waals surface area contributed by atoms with Gasteiger partial charge in [-0.25, -0.2) is 4.99 Å². The van der Waals surface area contributed by atoms with Gasteiger partial charge in [-0.15, -0.1) is 0 Å². The maximum absolute atomic E-state index is 12.1. The fourth-order valence-electron chi connectivity index (χ4n) is 1.67. The molecule has 1 rings (SSSR count). The molecule has 3 N–H and O–H groups in total. The second-order valence-corrected chi connectivity index (χ2v) is 4.49. The smallest absolute Gasteiger partial charge is 0.390 e. The Morgan fingerprint density at radius 2 is 2.05 bits per heavy atom. The van der Waals surface area contributed by atoms with Gasteiger partial charge in [-0.3, -0.25) is 0 Å². The number of guanidine groups is 1. The molecule has 0 unspecified atom stereocenters. The standard InChI is InChI=1S/C14H20F3N3O2/c1-3-18-13(19-7-6-14(15,16)17)20-9-10-4-5-12(22-2)11(21)8-10/h4-5,8,21H,3,6-7,9H2,1-2H3,(H2,18,19,20). The second kappa shape index (κ2) is 8.35. The predicted octanol–water partition coefficient (Wildman–Crippen LogP) is 2.41. The van der Waals surface area contributed by atoms with E-state index >= 15 is 0 Å². The van der Waals surface area contributed by atoms with Crippen molar-refractivity contribution in [3.05, 3.63) is 23.8 Å². The van der Waals surface area contributed by atoms with E-state index in [0.29, 0.717) is 23.8 Å². The molecule has 0 amide bonds. The van der Waals surface area contributed by atoms with E-state index in [1.54, 1.807) is 12.1 Å². The molecule has 124 valence electrons. The summed E-state index contributed by atoms with van der Waals surface area (Å²) >= 11 is 0. The molecule has 0 aliphatic heterocycles. The molecule has 0 heterocycles. The Morgan fingerprint density at radius 1 is 1.32 bits per heavy atom. The zero-order valence-electron chi connectivity index (χ0n) is 12.5. The first-order valence-corrected chi connectivity index (χ1v) is 6.80. The van der Waals surface area contributed by atoms with Gasteiger partial charge in [0.05, 0.1) is 20.1 Å². The van der Waals surface area contributed by atoms with E-state index in [1.807, 2.05) is 6.92 Å². The summed E-state index contributed by atoms with van der Waals surface area (Å²) in [5.41, 5.74) is 0.714. The number of nitrogens with zero attached hydrogens (tertiary/aromatic N) is 1. The maximum Gasteiger partial charge on any atom is 0.390 e. The number of alkyl halides is 3. The van der Waals surface area contributed by atoms with E-state index < -0.39 is 12.6 Å². The molecule has 0 aliphatic carbocycles. The molecule has 0 aliphatic rings. The monoisotopic (exact) mass is 319 g/mol. The highest BCUT2D eigenvalue weighted by atomic mass is 19.4. The van der Waals surface area contributed by atoms with Gasteiger partial charge in [-0.1, -0.05) is 6.07 Å². The minimum Gasteiger partial charge on any atom is -0.504 e. The van der Waals surface area contributed by atoms with Crippen LogP contribution in [0, 0.1) is 0 Å². The van der Waals surface area contributed by atoms with Crippen LogP contribution in [0.15, 0.2) is 23.2 Å². The second-order valence-electron chi connectivity index (χ2n) is 4.49. The molecular weight excluding hydrogens is 299 g/mol. The number of benzene rings is 1. The van der Waals surface area contributed by atoms with Gasteiger partial charge in [0.25, 0.3) is 0 Å². The number of halogens is 3. The minimum absolute atomic E-state index is 0.00905. The number of aliphatic imine (C=N–C) groups is 1. The molecule has 0 saturated heterocycles. The molecule has 0 fully saturated rings. The number of phenols is 1. The van der Waals surface area contributed by atoms with Crippen molar-refractivity contribution < 1.29 is 23.0 Å². The lowest BCUT2D eigenvalue weighted by atomic mass is 10.2. The molecule has 1 aromatic carbocycles. The van der Waals surface area contributed by atoms with E-state index in [2.05, 4.69) is 15.6 Å². The van der Waals surface area contributed by atoms with E-state index in [9.17, 15) is 18.3 Å². The van der Waals surface area contributed by atoms with Gasteiger partial charge < -0.3 is 20.5 Å². The van der Waals surface area contributed by atoms with Crippen molar-refractivity contribution in [2.45, 2.75) is 26.1 Å². The highest BCUT2D eigenvalue weighted by molar-refractivity contribution is 5.79. The Hall–Kier alpha value is -2.12. The molecule has 0 saturated carbocycles. The normalized spacial score (nSPS) is 12.1. The van der Waals surface area contributed by atoms with Crippen LogP contribution in [0.2, 0.25) is 0 Å². The Morgan fingerprint density at radius 3 is 2.59 bits per heavy atom. The fourth-order valence-corrected chi connectivity index (χ4v) is 1.67. The van der Waals surface area contributed by atoms with Gasteiger partial charge in [-0.2, -0.15) is 13.2 Å². The van der Waals surface area contributed by atoms with Crippen LogP contribution in [-0.4, -0.2) is 37.4 Å². The van der Waals surface area contributed by atoms with Crippen molar-refractivity contribution in [2.75, 3.05) is 20.2 Å². The van der Waals surface area contributed by atoms with Crippen molar-refractivity contribution in [1.82, 2.24) is 10.6 Å². The lowest BCUT2D eigenvalue weighted by Crippen LogP contribution is -2.38. The van der Waals surface area contributed by atoms with Crippen LogP contribution in [0.5, 0.6) is 11.5 Å². The van der Waals surface area contributed by atoms with Crippen LogP contribution in [0.1, 0.15) is 18.9 Å². The molecule has 1 aromatic rings. The molecule has 0 spiro atoms. The van der Waals surface area contributed by atoms with Crippen molar-refractivity contribution in [3.63, 3.8) is 0 Å². The zero-order valence-corrected chi connectivity index (χ0v) is 12.5. The largest absolute Gasteiger partial charge is 0.504 e. The van der Waals surface area contributed by atoms with Crippen molar-refractivity contribution >= 4 is 5.96 Å². The number of rotatable bonds is 6. The molecule has 0 atom stereocenters. The fraction of sp³-hybridized carbons (Fsp3) is 0.500. The number of hydrogen-bond donors (Lipinski definition) is 3. The van der Waals surface area contributed by atoms with E-state index in [0.717, 1.165) is 0 Å². The van der Waals surface area contributed by atoms with Crippen molar-refractivity contribution in [3.8, 4) is 11.5 Å². The molecule has 0 bridgehead atoms. The maximum atomic E-state index is 12.1. The van der Waals surface area contributed by atoms with Crippen LogP contribution >= 0.6 is 0 Å². The summed E-state index contributed by atoms with van der Waals surface area (Å²) in [5, 5.41) is 15.1. The van der Waals surface area contributed by atoms with E-state index in [4.69, 9.17) is 4.74 Å². The molecule has 8 heteroatoms. The first-order valence-electron chi connectivity index (χ1n) is 6.80. The van der Waals surface area contributed by atoms with Gasteiger partial charge in [-0.05, 0) is 24.6 Å². The van der Waals surface area contributed by atoms with Crippen LogP contribution in [-0.2, 0) is 6.54 Å². The number of ether oxygens (including phenoxy) is 1. The first-order chi connectivity index (χ1) is 10.4. The van der Waals surface area contributed by atoms with Gasteiger partial charge >= 0.3 is 6.18 Å². The van der Waals surface area contributed by atoms with Gasteiger partial charge in [0, 0.05) is 13.1 Å². The quantitative estimate of drug-likeness (QED) is 0.556. The summed E-state index contributed by atoms with van der Waals surface area (Å²) in [7, 11) is 1.45. The van der Waals surface area contributed by atoms with Crippen molar-refractivity contribution in [2.24, 2.45) is 4.99 Å². The average molecular weight is 319 g/mol. The number of nitrogens with one attached hydrogen (secondary N) is 2. The third-order valence-electron chi connectivity index (χ3n) is 2.71. The highest BCUT2D eigenvalue weighted by Crippen LogP contribution is 2.26. The zero-order chi connectivity index (χ0) is 16.6. The van der Waals surface area contributed by atoms with E-state index in [1.165, 1.54) is 13.2 Å². The lowest BCUT2D eigenvalue weighted by Gasteiger charge is -2.12. The minimum atomic E-state index is -4.20. The summed E-state index contributed by atoms with van der Waals surface area (Å²) < 4.78 is 41.3. The Bertz CT molecular complexity index is 505. The summed E-state index contributed by atoms with van der Waals surface area (Å²) in [5.74, 6) is 0.634.